The molecule has 126 valence electrons. The van der Waals surface area contributed by atoms with Gasteiger partial charge in [0.15, 0.2) is 17.0 Å². The lowest BCUT2D eigenvalue weighted by Gasteiger charge is -2.12. The number of anilines is 3. The number of benzene rings is 1. The highest BCUT2D eigenvalue weighted by Crippen LogP contribution is 2.24. The minimum absolute atomic E-state index is 0.00274. The molecule has 2 heterocycles. The molecule has 8 nitrogen and oxygen atoms in total. The van der Waals surface area contributed by atoms with E-state index in [0.717, 1.165) is 5.69 Å². The third-order valence-electron chi connectivity index (χ3n) is 3.43. The van der Waals surface area contributed by atoms with Crippen molar-refractivity contribution in [1.82, 2.24) is 25.0 Å². The van der Waals surface area contributed by atoms with Gasteiger partial charge in [0.25, 0.3) is 0 Å². The van der Waals surface area contributed by atoms with E-state index in [2.05, 4.69) is 30.9 Å². The van der Waals surface area contributed by atoms with Gasteiger partial charge in [0.2, 0.25) is 5.95 Å². The van der Waals surface area contributed by atoms with Gasteiger partial charge in [-0.05, 0) is 32.9 Å². The third-order valence-corrected chi connectivity index (χ3v) is 3.43. The summed E-state index contributed by atoms with van der Waals surface area (Å²) in [4.78, 5) is 9.09. The number of rotatable bonds is 6. The first kappa shape index (κ1) is 16.1. The zero-order chi connectivity index (χ0) is 17.1. The summed E-state index contributed by atoms with van der Waals surface area (Å²) in [7, 11) is 0. The maximum absolute atomic E-state index is 5.81. The summed E-state index contributed by atoms with van der Waals surface area (Å²) < 4.78 is 1.78. The lowest BCUT2D eigenvalue weighted by atomic mass is 10.3. The van der Waals surface area contributed by atoms with Crippen LogP contribution in [0.2, 0.25) is 0 Å². The molecule has 3 aromatic rings. The van der Waals surface area contributed by atoms with E-state index in [0.29, 0.717) is 29.5 Å². The van der Waals surface area contributed by atoms with Crippen LogP contribution in [0.15, 0.2) is 30.3 Å². The van der Waals surface area contributed by atoms with E-state index >= 15 is 0 Å². The maximum Gasteiger partial charge on any atom is 0.226 e. The van der Waals surface area contributed by atoms with Crippen molar-refractivity contribution < 1.29 is 0 Å². The molecule has 0 spiro atoms. The van der Waals surface area contributed by atoms with E-state index in [4.69, 9.17) is 5.73 Å². The summed E-state index contributed by atoms with van der Waals surface area (Å²) in [5.74, 6) is 1.12. The van der Waals surface area contributed by atoms with Crippen LogP contribution in [0, 0.1) is 0 Å². The number of nitrogens with one attached hydrogen (secondary N) is 2. The highest BCUT2D eigenvalue weighted by atomic mass is 15.5. The van der Waals surface area contributed by atoms with Crippen LogP contribution in [-0.2, 0) is 0 Å². The van der Waals surface area contributed by atoms with Crippen LogP contribution in [0.25, 0.3) is 11.2 Å². The molecule has 1 unspecified atom stereocenters. The van der Waals surface area contributed by atoms with Gasteiger partial charge in [-0.1, -0.05) is 23.4 Å². The van der Waals surface area contributed by atoms with Gasteiger partial charge in [-0.15, -0.1) is 5.10 Å². The second-order valence-corrected chi connectivity index (χ2v) is 6.05. The average molecular weight is 326 g/mol. The van der Waals surface area contributed by atoms with E-state index < -0.39 is 0 Å². The fourth-order valence-electron chi connectivity index (χ4n) is 2.25. The van der Waals surface area contributed by atoms with Crippen LogP contribution in [0.4, 0.5) is 17.5 Å². The van der Waals surface area contributed by atoms with Crippen molar-refractivity contribution in [3.63, 3.8) is 0 Å². The van der Waals surface area contributed by atoms with Gasteiger partial charge in [0, 0.05) is 18.3 Å². The molecule has 0 aliphatic heterocycles. The predicted molar refractivity (Wildman–Crippen MR) is 95.4 cm³/mol. The SMILES string of the molecule is CC(N)CNc1nc(Nc2ccccc2)c2nnn(C(C)C)c2n1. The lowest BCUT2D eigenvalue weighted by molar-refractivity contribution is 0.526. The Hall–Kier alpha value is -2.74. The standard InChI is InChI=1S/C16H22N8/c1-10(2)24-15-13(22-23-24)14(19-12-7-5-4-6-8-12)20-16(21-15)18-9-11(3)17/h4-8,10-11H,9,17H2,1-3H3,(H2,18,19,20,21). The van der Waals surface area contributed by atoms with Crippen LogP contribution in [0.1, 0.15) is 26.8 Å². The number of fused-ring (bicyclic) bond motifs is 1. The Labute approximate surface area is 140 Å². The number of nitrogens with zero attached hydrogens (tertiary/aromatic N) is 5. The Kier molecular flexibility index (Phi) is 4.57. The smallest absolute Gasteiger partial charge is 0.226 e. The monoisotopic (exact) mass is 326 g/mol. The zero-order valence-corrected chi connectivity index (χ0v) is 14.1. The van der Waals surface area contributed by atoms with E-state index in [-0.39, 0.29) is 12.1 Å². The average Bonchev–Trinajstić information content (AvgIpc) is 2.98. The number of hydrogen-bond donors (Lipinski definition) is 3. The first-order chi connectivity index (χ1) is 11.5. The molecule has 0 radical (unpaired) electrons. The van der Waals surface area contributed by atoms with Gasteiger partial charge in [-0.2, -0.15) is 9.97 Å². The molecule has 1 aromatic carbocycles. The molecule has 0 aliphatic carbocycles. The Morgan fingerprint density at radius 2 is 1.88 bits per heavy atom. The molecule has 2 aromatic heterocycles. The van der Waals surface area contributed by atoms with E-state index in [9.17, 15) is 0 Å². The van der Waals surface area contributed by atoms with Crippen molar-refractivity contribution in [2.24, 2.45) is 5.73 Å². The Balaban J connectivity index is 2.04. The molecule has 4 N–H and O–H groups in total. The quantitative estimate of drug-likeness (QED) is 0.638. The number of hydrogen-bond acceptors (Lipinski definition) is 7. The fraction of sp³-hybridized carbons (Fsp3) is 0.375. The molecular formula is C16H22N8. The highest BCUT2D eigenvalue weighted by Gasteiger charge is 2.16. The number of para-hydroxylation sites is 1. The van der Waals surface area contributed by atoms with Crippen LogP contribution in [0.5, 0.6) is 0 Å². The normalized spacial score (nSPS) is 12.5. The first-order valence-electron chi connectivity index (χ1n) is 7.99. The van der Waals surface area contributed by atoms with E-state index in [1.165, 1.54) is 0 Å². The van der Waals surface area contributed by atoms with Gasteiger partial charge in [0.1, 0.15) is 0 Å². The molecule has 24 heavy (non-hydrogen) atoms. The van der Waals surface area contributed by atoms with Gasteiger partial charge in [-0.25, -0.2) is 4.68 Å². The summed E-state index contributed by atoms with van der Waals surface area (Å²) in [5, 5.41) is 14.9. The topological polar surface area (TPSA) is 107 Å². The largest absolute Gasteiger partial charge is 0.353 e. The maximum atomic E-state index is 5.81. The summed E-state index contributed by atoms with van der Waals surface area (Å²) in [6, 6.07) is 9.97. The minimum Gasteiger partial charge on any atom is -0.353 e. The second kappa shape index (κ2) is 6.79. The lowest BCUT2D eigenvalue weighted by Crippen LogP contribution is -2.26. The predicted octanol–water partition coefficient (Wildman–Crippen LogP) is 2.30. The third kappa shape index (κ3) is 3.43. The van der Waals surface area contributed by atoms with Crippen LogP contribution >= 0.6 is 0 Å². The molecule has 1 atom stereocenters. The molecule has 8 heteroatoms. The highest BCUT2D eigenvalue weighted by molar-refractivity contribution is 5.85. The number of aromatic nitrogens is 5. The molecule has 0 bridgehead atoms. The summed E-state index contributed by atoms with van der Waals surface area (Å²) >= 11 is 0. The van der Waals surface area contributed by atoms with Crippen molar-refractivity contribution in [3.8, 4) is 0 Å². The first-order valence-corrected chi connectivity index (χ1v) is 7.99. The van der Waals surface area contributed by atoms with E-state index in [1.807, 2.05) is 51.1 Å². The molecule has 0 amide bonds. The minimum atomic E-state index is 0.00274. The summed E-state index contributed by atoms with van der Waals surface area (Å²) in [6.45, 7) is 6.58. The van der Waals surface area contributed by atoms with Crippen molar-refractivity contribution >= 4 is 28.6 Å². The van der Waals surface area contributed by atoms with Gasteiger partial charge < -0.3 is 16.4 Å². The molecule has 0 aliphatic rings. The van der Waals surface area contributed by atoms with Crippen molar-refractivity contribution in [1.29, 1.82) is 0 Å². The Bertz CT molecular complexity index is 810. The van der Waals surface area contributed by atoms with Gasteiger partial charge >= 0.3 is 0 Å². The van der Waals surface area contributed by atoms with Gasteiger partial charge in [0.05, 0.1) is 6.04 Å². The summed E-state index contributed by atoms with van der Waals surface area (Å²) in [6.07, 6.45) is 0. The van der Waals surface area contributed by atoms with Gasteiger partial charge in [-0.3, -0.25) is 0 Å². The Morgan fingerprint density at radius 1 is 1.12 bits per heavy atom. The molecule has 0 fully saturated rings. The molecule has 0 saturated carbocycles. The van der Waals surface area contributed by atoms with Crippen molar-refractivity contribution in [3.05, 3.63) is 30.3 Å². The Morgan fingerprint density at radius 3 is 2.54 bits per heavy atom. The summed E-state index contributed by atoms with van der Waals surface area (Å²) in [5.41, 5.74) is 8.06. The fourth-order valence-corrected chi connectivity index (χ4v) is 2.25. The van der Waals surface area contributed by atoms with Crippen molar-refractivity contribution in [2.45, 2.75) is 32.9 Å². The number of nitrogens with two attached hydrogens (primary N) is 1. The van der Waals surface area contributed by atoms with Crippen LogP contribution in [0.3, 0.4) is 0 Å². The van der Waals surface area contributed by atoms with Crippen molar-refractivity contribution in [2.75, 3.05) is 17.2 Å². The van der Waals surface area contributed by atoms with Crippen LogP contribution in [-0.4, -0.2) is 37.5 Å². The molecular weight excluding hydrogens is 304 g/mol. The zero-order valence-electron chi connectivity index (χ0n) is 14.1. The second-order valence-electron chi connectivity index (χ2n) is 6.05. The van der Waals surface area contributed by atoms with E-state index in [1.54, 1.807) is 4.68 Å². The molecule has 0 saturated heterocycles. The molecule has 3 rings (SSSR count). The van der Waals surface area contributed by atoms with Crippen LogP contribution < -0.4 is 16.4 Å².